The van der Waals surface area contributed by atoms with Crippen LogP contribution < -0.4 is 0 Å². The second kappa shape index (κ2) is 9.02. The topological polar surface area (TPSA) is 79.2 Å². The molecule has 6 nitrogen and oxygen atoms in total. The normalized spacial score (nSPS) is 16.7. The molecule has 0 atom stereocenters. The lowest BCUT2D eigenvalue weighted by Crippen LogP contribution is -2.23. The van der Waals surface area contributed by atoms with Crippen molar-refractivity contribution in [2.24, 2.45) is 4.99 Å². The molecule has 2 aromatic carbocycles. The van der Waals surface area contributed by atoms with Crippen molar-refractivity contribution in [1.29, 1.82) is 0 Å². The molecule has 1 saturated heterocycles. The maximum absolute atomic E-state index is 12.6. The minimum absolute atomic E-state index is 0.0987. The summed E-state index contributed by atoms with van der Waals surface area (Å²) in [5.74, 6) is -0.738. The third kappa shape index (κ3) is 4.83. The molecule has 0 aliphatic carbocycles. The van der Waals surface area contributed by atoms with Crippen molar-refractivity contribution < 1.29 is 19.4 Å². The molecule has 1 aliphatic heterocycles. The van der Waals surface area contributed by atoms with Crippen LogP contribution in [0.3, 0.4) is 0 Å². The Labute approximate surface area is 185 Å². The van der Waals surface area contributed by atoms with Gasteiger partial charge in [0.25, 0.3) is 5.91 Å². The van der Waals surface area contributed by atoms with Gasteiger partial charge in [-0.15, -0.1) is 0 Å². The highest BCUT2D eigenvalue weighted by atomic mass is 79.9. The molecule has 0 spiro atoms. The van der Waals surface area contributed by atoms with Crippen LogP contribution in [0.15, 0.2) is 50.8 Å². The Balaban J connectivity index is 1.86. The molecule has 1 N–H and O–H groups in total. The van der Waals surface area contributed by atoms with Gasteiger partial charge in [0.05, 0.1) is 27.8 Å². The summed E-state index contributed by atoms with van der Waals surface area (Å²) >= 11 is 10.5. The van der Waals surface area contributed by atoms with Gasteiger partial charge in [-0.2, -0.15) is 0 Å². The van der Waals surface area contributed by atoms with Crippen molar-refractivity contribution in [3.63, 3.8) is 0 Å². The number of aromatic hydroxyl groups is 1. The number of phenolic OH excluding ortho intramolecular Hbond substituents is 1. The van der Waals surface area contributed by atoms with Gasteiger partial charge in [0.15, 0.2) is 5.17 Å². The van der Waals surface area contributed by atoms with E-state index in [1.807, 2.05) is 0 Å². The molecule has 1 fully saturated rings. The molecule has 2 aromatic rings. The lowest BCUT2D eigenvalue weighted by Gasteiger charge is -2.07. The predicted molar refractivity (Wildman–Crippen MR) is 119 cm³/mol. The molecule has 1 aliphatic rings. The Morgan fingerprint density at radius 3 is 2.69 bits per heavy atom. The van der Waals surface area contributed by atoms with Crippen LogP contribution in [-0.2, 0) is 9.53 Å². The molecule has 1 amide bonds. The molecule has 1 heterocycles. The predicted octanol–water partition coefficient (Wildman–Crippen LogP) is 5.22. The average molecular weight is 496 g/mol. The number of thioether (sulfide) groups is 1. The molecular weight excluding hydrogens is 480 g/mol. The van der Waals surface area contributed by atoms with E-state index in [0.29, 0.717) is 38.0 Å². The first-order valence-electron chi connectivity index (χ1n) is 8.51. The van der Waals surface area contributed by atoms with Crippen molar-refractivity contribution in [2.45, 2.75) is 6.92 Å². The van der Waals surface area contributed by atoms with E-state index in [2.05, 4.69) is 20.9 Å². The first-order chi connectivity index (χ1) is 13.8. The van der Waals surface area contributed by atoms with E-state index in [1.54, 1.807) is 56.4 Å². The summed E-state index contributed by atoms with van der Waals surface area (Å²) in [6.07, 6.45) is 1.57. The largest absolute Gasteiger partial charge is 0.506 e. The SMILES string of the molecule is CCOC(=O)c1ccc(N=C2SC(=Cc3cc(Br)cc(Cl)c3O)C(=O)N2C)cc1. The van der Waals surface area contributed by atoms with E-state index in [-0.39, 0.29) is 16.7 Å². The molecular formula is C20H16BrClN2O4S. The number of halogens is 2. The lowest BCUT2D eigenvalue weighted by atomic mass is 10.2. The Kier molecular flexibility index (Phi) is 6.66. The Morgan fingerprint density at radius 2 is 2.03 bits per heavy atom. The maximum atomic E-state index is 12.6. The van der Waals surface area contributed by atoms with Crippen molar-refractivity contribution in [3.8, 4) is 5.75 Å². The number of rotatable bonds is 4. The number of esters is 1. The summed E-state index contributed by atoms with van der Waals surface area (Å²) in [6, 6.07) is 9.85. The monoisotopic (exact) mass is 494 g/mol. The summed E-state index contributed by atoms with van der Waals surface area (Å²) in [7, 11) is 1.62. The maximum Gasteiger partial charge on any atom is 0.338 e. The fraction of sp³-hybridized carbons (Fsp3) is 0.150. The number of benzene rings is 2. The van der Waals surface area contributed by atoms with Crippen LogP contribution in [0.2, 0.25) is 5.02 Å². The highest BCUT2D eigenvalue weighted by molar-refractivity contribution is 9.10. The van der Waals surface area contributed by atoms with Gasteiger partial charge < -0.3 is 9.84 Å². The van der Waals surface area contributed by atoms with Crippen LogP contribution in [0.4, 0.5) is 5.69 Å². The summed E-state index contributed by atoms with van der Waals surface area (Å²) in [4.78, 5) is 30.6. The van der Waals surface area contributed by atoms with E-state index < -0.39 is 5.97 Å². The zero-order chi connectivity index (χ0) is 21.1. The van der Waals surface area contributed by atoms with Crippen LogP contribution >= 0.6 is 39.3 Å². The number of phenols is 1. The van der Waals surface area contributed by atoms with Gasteiger partial charge in [-0.1, -0.05) is 27.5 Å². The van der Waals surface area contributed by atoms with Crippen LogP contribution in [0.25, 0.3) is 6.08 Å². The van der Waals surface area contributed by atoms with E-state index in [1.165, 1.54) is 16.7 Å². The summed E-state index contributed by atoms with van der Waals surface area (Å²) in [6.45, 7) is 2.05. The Morgan fingerprint density at radius 1 is 1.34 bits per heavy atom. The molecule has 3 rings (SSSR count). The van der Waals surface area contributed by atoms with Gasteiger partial charge >= 0.3 is 5.97 Å². The van der Waals surface area contributed by atoms with Crippen LogP contribution in [0, 0.1) is 0 Å². The molecule has 0 aromatic heterocycles. The molecule has 0 bridgehead atoms. The van der Waals surface area contributed by atoms with E-state index >= 15 is 0 Å². The highest BCUT2D eigenvalue weighted by Crippen LogP contribution is 2.37. The molecule has 0 radical (unpaired) electrons. The van der Waals surface area contributed by atoms with Crippen molar-refractivity contribution in [3.05, 3.63) is 61.9 Å². The quantitative estimate of drug-likeness (QED) is 0.465. The van der Waals surface area contributed by atoms with E-state index in [0.717, 1.165) is 0 Å². The van der Waals surface area contributed by atoms with Crippen molar-refractivity contribution in [1.82, 2.24) is 4.90 Å². The van der Waals surface area contributed by atoms with Crippen molar-refractivity contribution >= 4 is 68.1 Å². The first kappa shape index (κ1) is 21.4. The number of hydrogen-bond donors (Lipinski definition) is 1. The second-order valence-corrected chi connectivity index (χ2v) is 8.29. The number of aliphatic imine (C=N–C) groups is 1. The lowest BCUT2D eigenvalue weighted by molar-refractivity contribution is -0.121. The molecule has 9 heteroatoms. The van der Waals surface area contributed by atoms with E-state index in [4.69, 9.17) is 16.3 Å². The average Bonchev–Trinajstić information content (AvgIpc) is 2.94. The molecule has 0 saturated carbocycles. The molecule has 150 valence electrons. The summed E-state index contributed by atoms with van der Waals surface area (Å²) in [5, 5.41) is 10.8. The number of amides is 1. The third-order valence-corrected chi connectivity index (χ3v) is 5.76. The zero-order valence-corrected chi connectivity index (χ0v) is 18.6. The second-order valence-electron chi connectivity index (χ2n) is 5.96. The standard InChI is InChI=1S/C20H16BrClN2O4S/c1-3-28-19(27)11-4-6-14(7-5-11)23-20-24(2)18(26)16(29-20)9-12-8-13(21)10-15(22)17(12)25/h4-10,25H,3H2,1-2H3. The fourth-order valence-corrected chi connectivity index (χ4v) is 4.30. The molecule has 29 heavy (non-hydrogen) atoms. The summed E-state index contributed by atoms with van der Waals surface area (Å²) in [5.41, 5.74) is 1.45. The number of ether oxygens (including phenoxy) is 1. The number of carbonyl (C=O) groups is 2. The van der Waals surface area contributed by atoms with Crippen molar-refractivity contribution in [2.75, 3.05) is 13.7 Å². The number of hydrogen-bond acceptors (Lipinski definition) is 6. The number of carbonyl (C=O) groups excluding carboxylic acids is 2. The van der Waals surface area contributed by atoms with Gasteiger partial charge in [0.2, 0.25) is 0 Å². The Hall–Kier alpha value is -2.29. The first-order valence-corrected chi connectivity index (χ1v) is 10.5. The van der Waals surface area contributed by atoms with E-state index in [9.17, 15) is 14.7 Å². The van der Waals surface area contributed by atoms with Crippen LogP contribution in [0.5, 0.6) is 5.75 Å². The minimum atomic E-state index is -0.396. The van der Waals surface area contributed by atoms with Gasteiger partial charge in [0, 0.05) is 17.1 Å². The number of likely N-dealkylation sites (N-methyl/N-ethyl adjacent to an activating group) is 1. The fourth-order valence-electron chi connectivity index (χ4n) is 2.49. The van der Waals surface area contributed by atoms with Crippen LogP contribution in [0.1, 0.15) is 22.8 Å². The smallest absolute Gasteiger partial charge is 0.338 e. The molecule has 0 unspecified atom stereocenters. The number of nitrogens with zero attached hydrogens (tertiary/aromatic N) is 2. The highest BCUT2D eigenvalue weighted by Gasteiger charge is 2.30. The van der Waals surface area contributed by atoms with Crippen LogP contribution in [-0.4, -0.2) is 40.7 Å². The van der Waals surface area contributed by atoms with Gasteiger partial charge in [-0.3, -0.25) is 9.69 Å². The zero-order valence-electron chi connectivity index (χ0n) is 15.5. The Bertz CT molecular complexity index is 1040. The minimum Gasteiger partial charge on any atom is -0.506 e. The third-order valence-electron chi connectivity index (χ3n) is 3.95. The van der Waals surface area contributed by atoms with Gasteiger partial charge in [0.1, 0.15) is 5.75 Å². The van der Waals surface area contributed by atoms with Gasteiger partial charge in [-0.25, -0.2) is 9.79 Å². The number of amidine groups is 1. The van der Waals surface area contributed by atoms with Gasteiger partial charge in [-0.05, 0) is 61.2 Å². The summed E-state index contributed by atoms with van der Waals surface area (Å²) < 4.78 is 5.64.